The molecule has 148 valence electrons. The van der Waals surface area contributed by atoms with Crippen LogP contribution in [-0.2, 0) is 17.8 Å². The molecule has 28 heavy (non-hydrogen) atoms. The van der Waals surface area contributed by atoms with Crippen molar-refractivity contribution in [2.45, 2.75) is 31.9 Å². The van der Waals surface area contributed by atoms with Gasteiger partial charge in [0.25, 0.3) is 5.91 Å². The fourth-order valence-electron chi connectivity index (χ4n) is 4.25. The van der Waals surface area contributed by atoms with Gasteiger partial charge in [-0.2, -0.15) is 5.10 Å². The van der Waals surface area contributed by atoms with Gasteiger partial charge in [-0.25, -0.2) is 4.39 Å². The molecule has 4 rings (SSSR count). The van der Waals surface area contributed by atoms with Crippen molar-refractivity contribution in [2.75, 3.05) is 19.6 Å². The second-order valence-electron chi connectivity index (χ2n) is 7.58. The Kier molecular flexibility index (Phi) is 5.13. The number of nitrogens with zero attached hydrogens (tertiary/aromatic N) is 3. The molecule has 0 aliphatic carbocycles. The Morgan fingerprint density at radius 3 is 2.89 bits per heavy atom. The largest absolute Gasteiger partial charge is 0.392 e. The summed E-state index contributed by atoms with van der Waals surface area (Å²) in [5.41, 5.74) is 1.48. The number of amides is 2. The number of aromatic amines is 1. The number of hydrogen-bond acceptors (Lipinski definition) is 4. The van der Waals surface area contributed by atoms with Crippen molar-refractivity contribution in [3.63, 3.8) is 0 Å². The summed E-state index contributed by atoms with van der Waals surface area (Å²) < 4.78 is 13.6. The molecule has 2 N–H and O–H groups in total. The molecule has 2 saturated heterocycles. The third-order valence-electron chi connectivity index (χ3n) is 5.66. The quantitative estimate of drug-likeness (QED) is 0.812. The first kappa shape index (κ1) is 18.6. The molecule has 7 nitrogen and oxygen atoms in total. The van der Waals surface area contributed by atoms with Crippen LogP contribution in [0.1, 0.15) is 34.3 Å². The summed E-state index contributed by atoms with van der Waals surface area (Å²) in [5.74, 6) is -0.338. The summed E-state index contributed by atoms with van der Waals surface area (Å²) in [6, 6.07) is 4.09. The molecular weight excluding hydrogens is 363 g/mol. The average Bonchev–Trinajstić information content (AvgIpc) is 3.33. The molecule has 2 unspecified atom stereocenters. The zero-order valence-corrected chi connectivity index (χ0v) is 15.5. The number of piperidine rings is 1. The molecule has 1 aromatic carbocycles. The van der Waals surface area contributed by atoms with Crippen LogP contribution in [0.5, 0.6) is 0 Å². The second-order valence-corrected chi connectivity index (χ2v) is 7.58. The lowest BCUT2D eigenvalue weighted by atomic mass is 9.99. The second kappa shape index (κ2) is 7.71. The maximum atomic E-state index is 13.6. The maximum absolute atomic E-state index is 13.6. The predicted molar refractivity (Wildman–Crippen MR) is 98.7 cm³/mol. The van der Waals surface area contributed by atoms with Gasteiger partial charge in [0.15, 0.2) is 0 Å². The average molecular weight is 386 g/mol. The minimum atomic E-state index is -0.521. The fourth-order valence-corrected chi connectivity index (χ4v) is 4.25. The van der Waals surface area contributed by atoms with Crippen molar-refractivity contribution in [1.29, 1.82) is 0 Å². The van der Waals surface area contributed by atoms with E-state index in [4.69, 9.17) is 0 Å². The highest BCUT2D eigenvalue weighted by atomic mass is 19.1. The van der Waals surface area contributed by atoms with Crippen LogP contribution in [0, 0.1) is 11.7 Å². The number of rotatable bonds is 5. The molecule has 8 heteroatoms. The van der Waals surface area contributed by atoms with Crippen molar-refractivity contribution in [1.82, 2.24) is 20.0 Å². The number of carbonyl (C=O) groups is 2. The zero-order valence-electron chi connectivity index (χ0n) is 15.5. The third kappa shape index (κ3) is 3.64. The molecule has 1 aromatic heterocycles. The predicted octanol–water partition coefficient (Wildman–Crippen LogP) is 1.35. The Balaban J connectivity index is 1.40. The molecular formula is C20H23FN4O3. The Morgan fingerprint density at radius 1 is 1.29 bits per heavy atom. The summed E-state index contributed by atoms with van der Waals surface area (Å²) in [5, 5.41) is 15.9. The van der Waals surface area contributed by atoms with Crippen LogP contribution in [-0.4, -0.2) is 62.6 Å². The summed E-state index contributed by atoms with van der Waals surface area (Å²) >= 11 is 0. The number of nitrogens with one attached hydrogen (secondary N) is 1. The van der Waals surface area contributed by atoms with Gasteiger partial charge in [0, 0.05) is 49.4 Å². The maximum Gasteiger partial charge on any atom is 0.253 e. The van der Waals surface area contributed by atoms with Gasteiger partial charge in [-0.05, 0) is 42.5 Å². The number of benzene rings is 1. The van der Waals surface area contributed by atoms with Crippen LogP contribution >= 0.6 is 0 Å². The number of H-pyrrole nitrogens is 1. The van der Waals surface area contributed by atoms with E-state index >= 15 is 0 Å². The lowest BCUT2D eigenvalue weighted by Crippen LogP contribution is -2.46. The molecule has 2 atom stereocenters. The Hall–Kier alpha value is -2.74. The number of halogens is 1. The van der Waals surface area contributed by atoms with Crippen LogP contribution in [0.25, 0.3) is 0 Å². The molecule has 0 spiro atoms. The van der Waals surface area contributed by atoms with E-state index in [2.05, 4.69) is 10.2 Å². The topological polar surface area (TPSA) is 89.5 Å². The van der Waals surface area contributed by atoms with Crippen molar-refractivity contribution < 1.29 is 19.1 Å². The van der Waals surface area contributed by atoms with Crippen LogP contribution in [0.15, 0.2) is 30.6 Å². The Bertz CT molecular complexity index is 870. The van der Waals surface area contributed by atoms with Crippen LogP contribution in [0.3, 0.4) is 0 Å². The number of likely N-dealkylation sites (tertiary alicyclic amines) is 2. The third-order valence-corrected chi connectivity index (χ3v) is 5.66. The van der Waals surface area contributed by atoms with Crippen molar-refractivity contribution in [3.8, 4) is 0 Å². The molecule has 0 radical (unpaired) electrons. The number of aliphatic hydroxyl groups excluding tert-OH is 1. The fraction of sp³-hybridized carbons (Fsp3) is 0.450. The minimum Gasteiger partial charge on any atom is -0.392 e. The van der Waals surface area contributed by atoms with E-state index in [1.165, 1.54) is 18.2 Å². The SMILES string of the molecule is O=C(c1ccc(F)c(CO)c1)N1CC2CC(C1)N(C(=O)CCc1cn[nH]c1)C2. The van der Waals surface area contributed by atoms with Gasteiger partial charge >= 0.3 is 0 Å². The van der Waals surface area contributed by atoms with Gasteiger partial charge in [-0.15, -0.1) is 0 Å². The lowest BCUT2D eigenvalue weighted by molar-refractivity contribution is -0.132. The molecule has 3 heterocycles. The lowest BCUT2D eigenvalue weighted by Gasteiger charge is -2.33. The number of carbonyl (C=O) groups excluding carboxylic acids is 2. The van der Waals surface area contributed by atoms with E-state index in [1.807, 2.05) is 4.90 Å². The number of aromatic nitrogens is 2. The summed E-state index contributed by atoms with van der Waals surface area (Å²) in [7, 11) is 0. The first-order valence-corrected chi connectivity index (χ1v) is 9.51. The molecule has 2 amide bonds. The standard InChI is InChI=1S/C20H23FN4O3/c21-18-3-2-15(6-16(18)12-26)20(28)24-9-14-5-17(11-24)25(10-14)19(27)4-1-13-7-22-23-8-13/h2-3,6-8,14,17,26H,1,4-5,9-12H2,(H,22,23). The number of hydrogen-bond donors (Lipinski definition) is 2. The van der Waals surface area contributed by atoms with Crippen molar-refractivity contribution >= 4 is 11.8 Å². The van der Waals surface area contributed by atoms with Crippen molar-refractivity contribution in [3.05, 3.63) is 53.1 Å². The van der Waals surface area contributed by atoms with Crippen molar-refractivity contribution in [2.24, 2.45) is 5.92 Å². The highest BCUT2D eigenvalue weighted by molar-refractivity contribution is 5.94. The van der Waals surface area contributed by atoms with Gasteiger partial charge in [0.2, 0.25) is 5.91 Å². The van der Waals surface area contributed by atoms with Crippen LogP contribution in [0.4, 0.5) is 4.39 Å². The molecule has 2 aromatic rings. The van der Waals surface area contributed by atoms with E-state index in [0.29, 0.717) is 38.0 Å². The van der Waals surface area contributed by atoms with E-state index < -0.39 is 12.4 Å². The molecule has 2 bridgehead atoms. The highest BCUT2D eigenvalue weighted by Gasteiger charge is 2.42. The van der Waals surface area contributed by atoms with Gasteiger partial charge in [-0.3, -0.25) is 14.7 Å². The van der Waals surface area contributed by atoms with Gasteiger partial charge < -0.3 is 14.9 Å². The van der Waals surface area contributed by atoms with Crippen LogP contribution in [0.2, 0.25) is 0 Å². The Morgan fingerprint density at radius 2 is 2.14 bits per heavy atom. The van der Waals surface area contributed by atoms with Gasteiger partial charge in [0.05, 0.1) is 12.8 Å². The highest BCUT2D eigenvalue weighted by Crippen LogP contribution is 2.31. The van der Waals surface area contributed by atoms with E-state index in [-0.39, 0.29) is 29.3 Å². The first-order chi connectivity index (χ1) is 13.5. The minimum absolute atomic E-state index is 0.0253. The Labute approximate surface area is 162 Å². The monoisotopic (exact) mass is 386 g/mol. The first-order valence-electron chi connectivity index (χ1n) is 9.51. The van der Waals surface area contributed by atoms with E-state index in [9.17, 15) is 19.1 Å². The van der Waals surface area contributed by atoms with E-state index in [0.717, 1.165) is 12.0 Å². The molecule has 2 fully saturated rings. The smallest absolute Gasteiger partial charge is 0.253 e. The molecule has 2 aliphatic heterocycles. The summed E-state index contributed by atoms with van der Waals surface area (Å²) in [6.07, 6.45) is 5.49. The van der Waals surface area contributed by atoms with Gasteiger partial charge in [0.1, 0.15) is 5.82 Å². The number of aryl methyl sites for hydroxylation is 1. The molecule has 0 saturated carbocycles. The van der Waals surface area contributed by atoms with Gasteiger partial charge in [-0.1, -0.05) is 0 Å². The van der Waals surface area contributed by atoms with Crippen LogP contribution < -0.4 is 0 Å². The normalized spacial score (nSPS) is 21.2. The number of fused-ring (bicyclic) bond motifs is 2. The molecule has 2 aliphatic rings. The number of aliphatic hydroxyl groups is 1. The zero-order chi connectivity index (χ0) is 19.7. The van der Waals surface area contributed by atoms with E-state index in [1.54, 1.807) is 17.3 Å². The summed E-state index contributed by atoms with van der Waals surface area (Å²) in [6.45, 7) is 1.30. The summed E-state index contributed by atoms with van der Waals surface area (Å²) in [4.78, 5) is 29.2.